The number of aliphatic carboxylic acids is 1. The Morgan fingerprint density at radius 2 is 2.16 bits per heavy atom. The zero-order valence-electron chi connectivity index (χ0n) is 10.0. The Balaban J connectivity index is 2.73. The van der Waals surface area contributed by atoms with E-state index in [4.69, 9.17) is 14.9 Å². The molecule has 1 aromatic rings. The van der Waals surface area contributed by atoms with Gasteiger partial charge in [-0.1, -0.05) is 0 Å². The Hall–Kier alpha value is -1.80. The van der Waals surface area contributed by atoms with E-state index in [1.807, 2.05) is 0 Å². The van der Waals surface area contributed by atoms with E-state index >= 15 is 0 Å². The maximum Gasteiger partial charge on any atom is 0.328 e. The van der Waals surface area contributed by atoms with E-state index in [-0.39, 0.29) is 0 Å². The van der Waals surface area contributed by atoms with Crippen molar-refractivity contribution in [2.45, 2.75) is 6.04 Å². The first kappa shape index (κ1) is 15.3. The molecule has 0 fully saturated rings. The van der Waals surface area contributed by atoms with Gasteiger partial charge >= 0.3 is 12.0 Å². The van der Waals surface area contributed by atoms with E-state index < -0.39 is 24.6 Å². The Bertz CT molecular complexity index is 480. The van der Waals surface area contributed by atoms with Crippen molar-refractivity contribution in [1.29, 1.82) is 0 Å². The normalized spacial score (nSPS) is 11.5. The highest BCUT2D eigenvalue weighted by atomic mass is 79.9. The second-order valence-electron chi connectivity index (χ2n) is 3.52. The van der Waals surface area contributed by atoms with Gasteiger partial charge in [0.05, 0.1) is 19.4 Å². The Kier molecular flexibility index (Phi) is 5.58. The van der Waals surface area contributed by atoms with Crippen LogP contribution in [0, 0.1) is 0 Å². The molecule has 1 rings (SSSR count). The maximum atomic E-state index is 11.6. The highest BCUT2D eigenvalue weighted by Crippen LogP contribution is 2.26. The molecule has 0 unspecified atom stereocenters. The second kappa shape index (κ2) is 6.95. The highest BCUT2D eigenvalue weighted by Gasteiger charge is 2.19. The topological polar surface area (TPSA) is 108 Å². The lowest BCUT2D eigenvalue weighted by molar-refractivity contribution is -0.140. The van der Waals surface area contributed by atoms with Gasteiger partial charge in [-0.2, -0.15) is 0 Å². The molecule has 0 aromatic heterocycles. The van der Waals surface area contributed by atoms with Crippen LogP contribution in [0.15, 0.2) is 22.7 Å². The fourth-order valence-electron chi connectivity index (χ4n) is 1.23. The van der Waals surface area contributed by atoms with E-state index in [0.29, 0.717) is 15.9 Å². The molecule has 0 aliphatic rings. The summed E-state index contributed by atoms with van der Waals surface area (Å²) in [5.74, 6) is -0.780. The minimum atomic E-state index is -1.36. The summed E-state index contributed by atoms with van der Waals surface area (Å²) < 4.78 is 5.62. The predicted octanol–water partition coefficient (Wildman–Crippen LogP) is 1.02. The van der Waals surface area contributed by atoms with Crippen molar-refractivity contribution in [3.8, 4) is 5.75 Å². The van der Waals surface area contributed by atoms with Crippen LogP contribution in [0.1, 0.15) is 0 Å². The number of amides is 2. The Labute approximate surface area is 117 Å². The van der Waals surface area contributed by atoms with Crippen LogP contribution in [0.25, 0.3) is 0 Å². The third-order valence-electron chi connectivity index (χ3n) is 2.21. The standard InChI is InChI=1S/C11H13BrN2O5/c1-19-6-2-3-7(12)8(4-6)13-11(18)14-9(5-15)10(16)17/h2-4,9,15H,5H2,1H3,(H,16,17)(H2,13,14,18)/t9-/m0/s1. The molecule has 104 valence electrons. The lowest BCUT2D eigenvalue weighted by Gasteiger charge is -2.14. The van der Waals surface area contributed by atoms with Crippen LogP contribution >= 0.6 is 15.9 Å². The number of carbonyl (C=O) groups is 2. The van der Waals surface area contributed by atoms with Crippen LogP contribution in [0.5, 0.6) is 5.75 Å². The number of rotatable bonds is 5. The molecule has 8 heteroatoms. The molecule has 0 saturated carbocycles. The SMILES string of the molecule is COc1ccc(Br)c(NC(=O)N[C@@H](CO)C(=O)O)c1. The summed E-state index contributed by atoms with van der Waals surface area (Å²) in [4.78, 5) is 22.2. The summed E-state index contributed by atoms with van der Waals surface area (Å²) >= 11 is 3.24. The summed E-state index contributed by atoms with van der Waals surface area (Å²) in [7, 11) is 1.49. The fourth-order valence-corrected chi connectivity index (χ4v) is 1.58. The zero-order chi connectivity index (χ0) is 14.4. The summed E-state index contributed by atoms with van der Waals surface area (Å²) in [6.45, 7) is -0.692. The predicted molar refractivity (Wildman–Crippen MR) is 71.4 cm³/mol. The van der Waals surface area contributed by atoms with E-state index in [1.54, 1.807) is 18.2 Å². The van der Waals surface area contributed by atoms with Gasteiger partial charge < -0.3 is 25.6 Å². The van der Waals surface area contributed by atoms with Crippen molar-refractivity contribution in [2.24, 2.45) is 0 Å². The smallest absolute Gasteiger partial charge is 0.328 e. The van der Waals surface area contributed by atoms with Crippen LogP contribution in [0.2, 0.25) is 0 Å². The molecule has 0 spiro atoms. The minimum Gasteiger partial charge on any atom is -0.497 e. The van der Waals surface area contributed by atoms with Gasteiger partial charge in [0.25, 0.3) is 0 Å². The quantitative estimate of drug-likeness (QED) is 0.644. The van der Waals surface area contributed by atoms with Gasteiger partial charge in [0.1, 0.15) is 5.75 Å². The second-order valence-corrected chi connectivity index (χ2v) is 4.37. The molecule has 0 aliphatic carbocycles. The third-order valence-corrected chi connectivity index (χ3v) is 2.90. The molecule has 0 bridgehead atoms. The lowest BCUT2D eigenvalue weighted by atomic mass is 10.3. The van der Waals surface area contributed by atoms with Gasteiger partial charge in [-0.25, -0.2) is 9.59 Å². The highest BCUT2D eigenvalue weighted by molar-refractivity contribution is 9.10. The summed E-state index contributed by atoms with van der Waals surface area (Å²) in [6.07, 6.45) is 0. The lowest BCUT2D eigenvalue weighted by Crippen LogP contribution is -2.45. The number of aliphatic hydroxyl groups excluding tert-OH is 1. The number of benzene rings is 1. The number of carboxylic acids is 1. The maximum absolute atomic E-state index is 11.6. The molecule has 7 nitrogen and oxygen atoms in total. The van der Waals surface area contributed by atoms with Crippen molar-refractivity contribution in [2.75, 3.05) is 19.0 Å². The van der Waals surface area contributed by atoms with Gasteiger partial charge in [0, 0.05) is 10.5 Å². The monoisotopic (exact) mass is 332 g/mol. The largest absolute Gasteiger partial charge is 0.497 e. The van der Waals surface area contributed by atoms with Gasteiger partial charge in [-0.15, -0.1) is 0 Å². The first-order valence-corrected chi connectivity index (χ1v) is 6.02. The molecule has 1 aromatic carbocycles. The number of ether oxygens (including phenoxy) is 1. The number of carboxylic acid groups (broad SMARTS) is 1. The molecule has 0 aliphatic heterocycles. The van der Waals surface area contributed by atoms with Crippen LogP contribution in [-0.2, 0) is 4.79 Å². The first-order chi connectivity index (χ1) is 8.97. The van der Waals surface area contributed by atoms with Crippen molar-refractivity contribution >= 4 is 33.6 Å². The number of anilines is 1. The van der Waals surface area contributed by atoms with Crippen LogP contribution in [0.4, 0.5) is 10.5 Å². The van der Waals surface area contributed by atoms with Crippen molar-refractivity contribution < 1.29 is 24.5 Å². The molecular formula is C11H13BrN2O5. The molecule has 0 heterocycles. The summed E-state index contributed by atoms with van der Waals surface area (Å²) in [5.41, 5.74) is 0.416. The summed E-state index contributed by atoms with van der Waals surface area (Å²) in [5, 5.41) is 22.1. The van der Waals surface area contributed by atoms with Crippen LogP contribution in [-0.4, -0.2) is 42.0 Å². The Morgan fingerprint density at radius 1 is 1.47 bits per heavy atom. The number of aliphatic hydroxyl groups is 1. The van der Waals surface area contributed by atoms with Crippen molar-refractivity contribution in [3.63, 3.8) is 0 Å². The molecule has 1 atom stereocenters. The number of methoxy groups -OCH3 is 1. The van der Waals surface area contributed by atoms with Crippen molar-refractivity contribution in [3.05, 3.63) is 22.7 Å². The van der Waals surface area contributed by atoms with Crippen LogP contribution in [0.3, 0.4) is 0 Å². The molecule has 4 N–H and O–H groups in total. The van der Waals surface area contributed by atoms with Crippen molar-refractivity contribution in [1.82, 2.24) is 5.32 Å². The zero-order valence-corrected chi connectivity index (χ0v) is 11.6. The number of urea groups is 1. The van der Waals surface area contributed by atoms with Gasteiger partial charge in [0.2, 0.25) is 0 Å². The van der Waals surface area contributed by atoms with E-state index in [1.165, 1.54) is 7.11 Å². The minimum absolute atomic E-state index is 0.416. The van der Waals surface area contributed by atoms with E-state index in [9.17, 15) is 9.59 Å². The molecule has 0 saturated heterocycles. The average molecular weight is 333 g/mol. The number of halogens is 1. The first-order valence-electron chi connectivity index (χ1n) is 5.22. The number of nitrogens with one attached hydrogen (secondary N) is 2. The molecule has 2 amide bonds. The fraction of sp³-hybridized carbons (Fsp3) is 0.273. The van der Waals surface area contributed by atoms with E-state index in [0.717, 1.165) is 0 Å². The van der Waals surface area contributed by atoms with Gasteiger partial charge in [-0.05, 0) is 28.1 Å². The van der Waals surface area contributed by atoms with Crippen LogP contribution < -0.4 is 15.4 Å². The third kappa shape index (κ3) is 4.42. The van der Waals surface area contributed by atoms with Gasteiger partial charge in [-0.3, -0.25) is 0 Å². The molecule has 19 heavy (non-hydrogen) atoms. The summed E-state index contributed by atoms with van der Waals surface area (Å²) in [6, 6.07) is 2.84. The Morgan fingerprint density at radius 3 is 2.68 bits per heavy atom. The van der Waals surface area contributed by atoms with E-state index in [2.05, 4.69) is 26.6 Å². The average Bonchev–Trinajstić information content (AvgIpc) is 2.38. The number of hydrogen-bond donors (Lipinski definition) is 4. The number of hydrogen-bond acceptors (Lipinski definition) is 4. The molecular weight excluding hydrogens is 320 g/mol. The number of carbonyl (C=O) groups excluding carboxylic acids is 1. The van der Waals surface area contributed by atoms with Gasteiger partial charge in [0.15, 0.2) is 6.04 Å². The molecule has 0 radical (unpaired) electrons.